The Bertz CT molecular complexity index is 953. The average Bonchev–Trinajstić information content (AvgIpc) is 3.10. The number of carbonyl (C=O) groups excluding carboxylic acids is 2. The molecule has 4 rings (SSSR count). The predicted molar refractivity (Wildman–Crippen MR) is 127 cm³/mol. The van der Waals surface area contributed by atoms with Gasteiger partial charge in [0.15, 0.2) is 0 Å². The van der Waals surface area contributed by atoms with Gasteiger partial charge in [0.1, 0.15) is 5.00 Å². The summed E-state index contributed by atoms with van der Waals surface area (Å²) in [5.74, 6) is 0.505. The second-order valence-electron chi connectivity index (χ2n) is 9.93. The molecule has 166 valence electrons. The van der Waals surface area contributed by atoms with Crippen LogP contribution in [0.15, 0.2) is 30.3 Å². The standard InChI is InChI=1S/C25H33N3O2S/c1-25(2,3)18-10-11-19-20(16-18)31-23(26-22(29)17-8-6-5-7-9-17)21(19)24(30)28-14-12-27(4)13-15-28/h5-9,18H,10-16H2,1-4H3,(H,26,29). The summed E-state index contributed by atoms with van der Waals surface area (Å²) >= 11 is 1.61. The highest BCUT2D eigenvalue weighted by Gasteiger charge is 2.35. The molecular weight excluding hydrogens is 406 g/mol. The van der Waals surface area contributed by atoms with Crippen molar-refractivity contribution < 1.29 is 9.59 Å². The number of rotatable bonds is 3. The molecular formula is C25H33N3O2S. The van der Waals surface area contributed by atoms with Gasteiger partial charge >= 0.3 is 0 Å². The van der Waals surface area contributed by atoms with Crippen LogP contribution in [0.5, 0.6) is 0 Å². The minimum absolute atomic E-state index is 0.0724. The van der Waals surface area contributed by atoms with Crippen molar-refractivity contribution in [3.05, 3.63) is 51.9 Å². The molecule has 2 aliphatic rings. The Hall–Kier alpha value is -2.18. The fourth-order valence-corrected chi connectivity index (χ4v) is 5.89. The molecule has 31 heavy (non-hydrogen) atoms. The first-order valence-electron chi connectivity index (χ1n) is 11.2. The van der Waals surface area contributed by atoms with Crippen molar-refractivity contribution in [1.82, 2.24) is 9.80 Å². The van der Waals surface area contributed by atoms with E-state index in [1.807, 2.05) is 23.1 Å². The third-order valence-electron chi connectivity index (χ3n) is 6.76. The van der Waals surface area contributed by atoms with Crippen LogP contribution in [0.1, 0.15) is 58.3 Å². The predicted octanol–water partition coefficient (Wildman–Crippen LogP) is 4.54. The molecule has 6 heteroatoms. The van der Waals surface area contributed by atoms with Crippen LogP contribution in [-0.4, -0.2) is 54.8 Å². The molecule has 0 bridgehead atoms. The van der Waals surface area contributed by atoms with Crippen molar-refractivity contribution in [3.63, 3.8) is 0 Å². The molecule has 1 aliphatic carbocycles. The first-order chi connectivity index (χ1) is 14.7. The summed E-state index contributed by atoms with van der Waals surface area (Å²) in [6, 6.07) is 9.23. The molecule has 1 saturated heterocycles. The monoisotopic (exact) mass is 439 g/mol. The smallest absolute Gasteiger partial charge is 0.257 e. The van der Waals surface area contributed by atoms with Gasteiger partial charge in [-0.05, 0) is 55.3 Å². The molecule has 1 N–H and O–H groups in total. The average molecular weight is 440 g/mol. The van der Waals surface area contributed by atoms with Gasteiger partial charge in [-0.15, -0.1) is 11.3 Å². The first kappa shape index (κ1) is 22.0. The minimum atomic E-state index is -0.154. The molecule has 2 amide bonds. The Morgan fingerprint density at radius 1 is 1.06 bits per heavy atom. The summed E-state index contributed by atoms with van der Waals surface area (Å²) in [6.07, 6.45) is 2.97. The summed E-state index contributed by atoms with van der Waals surface area (Å²) in [6.45, 7) is 10.1. The molecule has 1 atom stereocenters. The second-order valence-corrected chi connectivity index (χ2v) is 11.0. The lowest BCUT2D eigenvalue weighted by molar-refractivity contribution is 0.0664. The summed E-state index contributed by atoms with van der Waals surface area (Å²) in [5.41, 5.74) is 2.75. The molecule has 0 spiro atoms. The lowest BCUT2D eigenvalue weighted by Gasteiger charge is -2.35. The zero-order valence-corrected chi connectivity index (χ0v) is 19.8. The van der Waals surface area contributed by atoms with Crippen LogP contribution < -0.4 is 5.32 Å². The maximum Gasteiger partial charge on any atom is 0.257 e. The Kier molecular flexibility index (Phi) is 6.22. The quantitative estimate of drug-likeness (QED) is 0.764. The molecule has 0 saturated carbocycles. The van der Waals surface area contributed by atoms with E-state index in [0.29, 0.717) is 11.5 Å². The Morgan fingerprint density at radius 2 is 1.74 bits per heavy atom. The fraction of sp³-hybridized carbons (Fsp3) is 0.520. The molecule has 1 fully saturated rings. The lowest BCUT2D eigenvalue weighted by Crippen LogP contribution is -2.47. The van der Waals surface area contributed by atoms with Gasteiger partial charge < -0.3 is 15.1 Å². The third kappa shape index (κ3) is 4.70. The normalized spacial score (nSPS) is 19.7. The summed E-state index contributed by atoms with van der Waals surface area (Å²) < 4.78 is 0. The molecule has 1 unspecified atom stereocenters. The number of piperazine rings is 1. The van der Waals surface area contributed by atoms with Crippen LogP contribution in [0, 0.1) is 11.3 Å². The Morgan fingerprint density at radius 3 is 2.39 bits per heavy atom. The lowest BCUT2D eigenvalue weighted by atomic mass is 9.72. The minimum Gasteiger partial charge on any atom is -0.336 e. The van der Waals surface area contributed by atoms with Crippen LogP contribution in [-0.2, 0) is 12.8 Å². The maximum atomic E-state index is 13.6. The van der Waals surface area contributed by atoms with Crippen LogP contribution >= 0.6 is 11.3 Å². The third-order valence-corrected chi connectivity index (χ3v) is 7.93. The van der Waals surface area contributed by atoms with E-state index < -0.39 is 0 Å². The molecule has 2 aromatic rings. The number of amides is 2. The number of carbonyl (C=O) groups is 2. The van der Waals surface area contributed by atoms with E-state index in [1.165, 1.54) is 4.88 Å². The largest absolute Gasteiger partial charge is 0.336 e. The van der Waals surface area contributed by atoms with Crippen LogP contribution in [0.25, 0.3) is 0 Å². The molecule has 5 nitrogen and oxygen atoms in total. The molecule has 1 aromatic carbocycles. The van der Waals surface area contributed by atoms with Crippen molar-refractivity contribution in [1.29, 1.82) is 0 Å². The fourth-order valence-electron chi connectivity index (χ4n) is 4.57. The number of likely N-dealkylation sites (N-methyl/N-ethyl adjacent to an activating group) is 1. The van der Waals surface area contributed by atoms with Gasteiger partial charge in [-0.3, -0.25) is 9.59 Å². The zero-order valence-electron chi connectivity index (χ0n) is 19.0. The molecule has 1 aliphatic heterocycles. The van der Waals surface area contributed by atoms with Gasteiger partial charge in [-0.1, -0.05) is 39.0 Å². The van der Waals surface area contributed by atoms with Gasteiger partial charge in [-0.2, -0.15) is 0 Å². The van der Waals surface area contributed by atoms with Crippen molar-refractivity contribution in [3.8, 4) is 0 Å². The van der Waals surface area contributed by atoms with Crippen molar-refractivity contribution in [2.45, 2.75) is 40.0 Å². The number of anilines is 1. The van der Waals surface area contributed by atoms with E-state index >= 15 is 0 Å². The maximum absolute atomic E-state index is 13.6. The number of benzene rings is 1. The van der Waals surface area contributed by atoms with E-state index in [-0.39, 0.29) is 17.2 Å². The Labute approximate surface area is 189 Å². The van der Waals surface area contributed by atoms with Gasteiger partial charge in [0, 0.05) is 36.6 Å². The van der Waals surface area contributed by atoms with Crippen molar-refractivity contribution >= 4 is 28.2 Å². The number of nitrogens with zero attached hydrogens (tertiary/aromatic N) is 2. The second kappa shape index (κ2) is 8.75. The van der Waals surface area contributed by atoms with Gasteiger partial charge in [0.2, 0.25) is 0 Å². The van der Waals surface area contributed by atoms with Crippen LogP contribution in [0.2, 0.25) is 0 Å². The van der Waals surface area contributed by atoms with Gasteiger partial charge in [0.25, 0.3) is 11.8 Å². The van der Waals surface area contributed by atoms with Crippen molar-refractivity contribution in [2.24, 2.45) is 11.3 Å². The highest BCUT2D eigenvalue weighted by atomic mass is 32.1. The van der Waals surface area contributed by atoms with Crippen LogP contribution in [0.4, 0.5) is 5.00 Å². The van der Waals surface area contributed by atoms with E-state index in [1.54, 1.807) is 23.5 Å². The number of hydrogen-bond donors (Lipinski definition) is 1. The summed E-state index contributed by atoms with van der Waals surface area (Å²) in [5, 5.41) is 3.81. The highest BCUT2D eigenvalue weighted by molar-refractivity contribution is 7.17. The van der Waals surface area contributed by atoms with E-state index in [2.05, 4.69) is 38.0 Å². The topological polar surface area (TPSA) is 52.6 Å². The van der Waals surface area contributed by atoms with Crippen LogP contribution in [0.3, 0.4) is 0 Å². The summed E-state index contributed by atoms with van der Waals surface area (Å²) in [7, 11) is 2.09. The van der Waals surface area contributed by atoms with E-state index in [0.717, 1.165) is 61.6 Å². The molecule has 2 heterocycles. The highest BCUT2D eigenvalue weighted by Crippen LogP contribution is 2.44. The molecule has 0 radical (unpaired) electrons. The van der Waals surface area contributed by atoms with E-state index in [4.69, 9.17) is 0 Å². The van der Waals surface area contributed by atoms with Gasteiger partial charge in [-0.25, -0.2) is 0 Å². The van der Waals surface area contributed by atoms with Crippen molar-refractivity contribution in [2.75, 3.05) is 38.5 Å². The first-order valence-corrected chi connectivity index (χ1v) is 12.0. The SMILES string of the molecule is CN1CCN(C(=O)c2c(NC(=O)c3ccccc3)sc3c2CCC(C(C)(C)C)C3)CC1. The zero-order chi connectivity index (χ0) is 22.2. The Balaban J connectivity index is 1.67. The number of nitrogens with one attached hydrogen (secondary N) is 1. The number of hydrogen-bond acceptors (Lipinski definition) is 4. The van der Waals surface area contributed by atoms with E-state index in [9.17, 15) is 9.59 Å². The number of thiophene rings is 1. The van der Waals surface area contributed by atoms with Gasteiger partial charge in [0.05, 0.1) is 5.56 Å². The summed E-state index contributed by atoms with van der Waals surface area (Å²) in [4.78, 5) is 32.0. The number of fused-ring (bicyclic) bond motifs is 1. The molecule has 1 aromatic heterocycles.